The van der Waals surface area contributed by atoms with Crippen LogP contribution in [0, 0.1) is 0 Å². The van der Waals surface area contributed by atoms with E-state index in [0.717, 1.165) is 46.0 Å². The van der Waals surface area contributed by atoms with Crippen molar-refractivity contribution >= 4 is 113 Å². The molecule has 0 saturated carbocycles. The fourth-order valence-corrected chi connectivity index (χ4v) is 10.4. The van der Waals surface area contributed by atoms with Gasteiger partial charge in [0.25, 0.3) is 9.66 Å². The number of anilines is 4. The molecule has 4 aromatic heterocycles. The molecule has 0 radical (unpaired) electrons. The van der Waals surface area contributed by atoms with Crippen LogP contribution >= 0.6 is 69.4 Å². The molecule has 0 aliphatic rings. The summed E-state index contributed by atoms with van der Waals surface area (Å²) in [6.07, 6.45) is 4.41. The van der Waals surface area contributed by atoms with Crippen molar-refractivity contribution < 1.29 is 43.1 Å². The summed E-state index contributed by atoms with van der Waals surface area (Å²) in [5, 5.41) is 8.36. The lowest BCUT2D eigenvalue weighted by Crippen LogP contribution is -3.00. The van der Waals surface area contributed by atoms with Gasteiger partial charge in [-0.05, 0) is 95.7 Å². The van der Waals surface area contributed by atoms with Gasteiger partial charge in [-0.25, -0.2) is 0 Å². The van der Waals surface area contributed by atoms with Crippen molar-refractivity contribution in [1.82, 2.24) is 0 Å². The van der Waals surface area contributed by atoms with Crippen LogP contribution in [0.5, 0.6) is 0 Å². The zero-order valence-corrected chi connectivity index (χ0v) is 38.6. The first-order chi connectivity index (χ1) is 26.4. The van der Waals surface area contributed by atoms with Gasteiger partial charge in [-0.2, -0.15) is 9.13 Å². The zero-order chi connectivity index (χ0) is 37.0. The van der Waals surface area contributed by atoms with Crippen LogP contribution in [-0.2, 0) is 13.1 Å². The highest BCUT2D eigenvalue weighted by molar-refractivity contribution is 8.03. The Bertz CT molecular complexity index is 2330. The molecule has 12 heteroatoms. The molecule has 0 aliphatic heterocycles. The largest absolute Gasteiger partial charge is 1.00 e. The maximum Gasteiger partial charge on any atom is 0.271 e. The van der Waals surface area contributed by atoms with Crippen molar-refractivity contribution in [2.75, 3.05) is 35.4 Å². The van der Waals surface area contributed by atoms with E-state index in [0.29, 0.717) is 0 Å². The lowest BCUT2D eigenvalue weighted by Gasteiger charge is -2.20. The van der Waals surface area contributed by atoms with Crippen molar-refractivity contribution in [3.05, 3.63) is 166 Å². The number of nitrogens with zero attached hydrogens (tertiary/aromatic N) is 4. The summed E-state index contributed by atoms with van der Waals surface area (Å²) in [7, 11) is 4.22. The highest BCUT2D eigenvalue weighted by Gasteiger charge is 2.19. The number of benzene rings is 4. The van der Waals surface area contributed by atoms with E-state index < -0.39 is 0 Å². The van der Waals surface area contributed by atoms with Crippen molar-refractivity contribution in [3.63, 3.8) is 0 Å². The molecule has 4 heterocycles. The average Bonchev–Trinajstić information content (AvgIpc) is 3.90. The van der Waals surface area contributed by atoms with Gasteiger partial charge in [-0.3, -0.25) is 0 Å². The first-order valence-corrected chi connectivity index (χ1v) is 22.1. The van der Waals surface area contributed by atoms with Crippen LogP contribution in [0.25, 0.3) is 20.4 Å². The molecule has 56 heavy (non-hydrogen) atoms. The second-order valence-corrected chi connectivity index (χ2v) is 18.0. The minimum Gasteiger partial charge on any atom is -1.00 e. The van der Waals surface area contributed by atoms with Crippen LogP contribution in [0.15, 0.2) is 154 Å². The van der Waals surface area contributed by atoms with Gasteiger partial charge in [-0.15, -0.1) is 23.5 Å². The number of halogens is 4. The van der Waals surface area contributed by atoms with Crippen LogP contribution in [0.4, 0.5) is 22.7 Å². The molecule has 0 aliphatic carbocycles. The first-order valence-electron chi connectivity index (χ1n) is 17.6. The number of thiophene rings is 2. The predicted octanol–water partition coefficient (Wildman–Crippen LogP) is 6.52. The smallest absolute Gasteiger partial charge is 0.271 e. The molecule has 0 bridgehead atoms. The molecule has 0 spiro atoms. The maximum absolute atomic E-state index is 6.13. The molecule has 286 valence electrons. The van der Waals surface area contributed by atoms with Gasteiger partial charge in [-0.1, -0.05) is 70.1 Å². The number of pyridine rings is 2. The molecule has 4 nitrogen and oxygen atoms in total. The minimum absolute atomic E-state index is 0. The summed E-state index contributed by atoms with van der Waals surface area (Å²) in [5.41, 5.74) is 7.19. The molecule has 0 N–H and O–H groups in total. The monoisotopic (exact) mass is 978 g/mol. The van der Waals surface area contributed by atoms with E-state index in [-0.39, 0.29) is 34.0 Å². The van der Waals surface area contributed by atoms with E-state index in [1.54, 1.807) is 22.7 Å². The van der Waals surface area contributed by atoms with E-state index in [4.69, 9.17) is 23.2 Å². The fraction of sp³-hybridized carbons (Fsp3) is 0.136. The summed E-state index contributed by atoms with van der Waals surface area (Å²) < 4.78 is 4.70. The predicted molar refractivity (Wildman–Crippen MR) is 236 cm³/mol. The maximum atomic E-state index is 6.13. The fourth-order valence-electron chi connectivity index (χ4n) is 6.61. The molecular formula is C44H38Br2Cl2N4S4. The topological polar surface area (TPSA) is 14.2 Å². The van der Waals surface area contributed by atoms with Crippen molar-refractivity contribution in [2.45, 2.75) is 22.9 Å². The van der Waals surface area contributed by atoms with Crippen LogP contribution in [0.2, 0.25) is 10.0 Å². The average molecular weight is 982 g/mol. The normalized spacial score (nSPS) is 11.0. The lowest BCUT2D eigenvalue weighted by molar-refractivity contribution is -0.660. The third-order valence-electron chi connectivity index (χ3n) is 9.51. The van der Waals surface area contributed by atoms with E-state index in [1.165, 1.54) is 52.7 Å². The molecule has 0 fully saturated rings. The van der Waals surface area contributed by atoms with Crippen LogP contribution in [0.1, 0.15) is 11.1 Å². The van der Waals surface area contributed by atoms with E-state index in [1.807, 2.05) is 47.8 Å². The number of hydrogen-bond acceptors (Lipinski definition) is 6. The van der Waals surface area contributed by atoms with Crippen LogP contribution in [-0.4, -0.2) is 25.6 Å². The van der Waals surface area contributed by atoms with Crippen LogP contribution in [0.3, 0.4) is 0 Å². The van der Waals surface area contributed by atoms with Gasteiger partial charge < -0.3 is 43.8 Å². The molecule has 8 aromatic rings. The number of aromatic nitrogens is 2. The Morgan fingerprint density at radius 1 is 0.500 bits per heavy atom. The van der Waals surface area contributed by atoms with Gasteiger partial charge in [0.15, 0.2) is 25.5 Å². The summed E-state index contributed by atoms with van der Waals surface area (Å²) in [6, 6.07) is 43.0. The van der Waals surface area contributed by atoms with E-state index in [9.17, 15) is 0 Å². The Morgan fingerprint density at radius 2 is 0.875 bits per heavy atom. The van der Waals surface area contributed by atoms with Crippen molar-refractivity contribution in [1.29, 1.82) is 0 Å². The van der Waals surface area contributed by atoms with Crippen LogP contribution < -0.4 is 52.9 Å². The van der Waals surface area contributed by atoms with Gasteiger partial charge in [0.05, 0.1) is 22.1 Å². The van der Waals surface area contributed by atoms with Gasteiger partial charge in [0, 0.05) is 80.1 Å². The highest BCUT2D eigenvalue weighted by Crippen LogP contribution is 2.34. The number of fused-ring (bicyclic) bond motifs is 2. The summed E-state index contributed by atoms with van der Waals surface area (Å²) >= 11 is 19.7. The first kappa shape index (κ1) is 42.5. The minimum atomic E-state index is 0. The third kappa shape index (κ3) is 9.79. The van der Waals surface area contributed by atoms with Crippen molar-refractivity contribution in [2.24, 2.45) is 0 Å². The summed E-state index contributed by atoms with van der Waals surface area (Å²) in [5.74, 6) is 2.11. The Hall–Kier alpha value is -3.06. The highest BCUT2D eigenvalue weighted by atomic mass is 79.9. The molecule has 0 saturated heterocycles. The number of thioether (sulfide) groups is 2. The molecule has 4 aromatic carbocycles. The number of rotatable bonds is 13. The standard InChI is InChI=1S/C44H38Cl2N4S4.2BrH/c1-47(35-11-7-33(45)8-12-35)41-19-23-49(43-39(41)21-25-53-43)29-31-3-15-37(16-4-31)51-27-28-52-38-17-5-32(6-18-38)30-50-24-20-42(40-22-26-54-44(40)50)48(2)36-13-9-34(46)10-14-36;;/h3-26H,27-30H2,1-2H3;2*1H/q+2;;/p-2. The van der Waals surface area contributed by atoms with Gasteiger partial charge in [0.1, 0.15) is 0 Å². The molecule has 8 rings (SSSR count). The van der Waals surface area contributed by atoms with E-state index >= 15 is 0 Å². The Balaban J connectivity index is 0.00000266. The van der Waals surface area contributed by atoms with Gasteiger partial charge in [0.2, 0.25) is 0 Å². The lowest BCUT2D eigenvalue weighted by atomic mass is 10.2. The molecular weight excluding hydrogens is 943 g/mol. The van der Waals surface area contributed by atoms with Crippen molar-refractivity contribution in [3.8, 4) is 0 Å². The molecule has 0 amide bonds. The Kier molecular flexibility index (Phi) is 14.9. The second-order valence-electron chi connectivity index (χ2n) is 13.0. The Labute approximate surface area is 376 Å². The molecule has 0 unspecified atom stereocenters. The third-order valence-corrected chi connectivity index (χ3v) is 14.2. The van der Waals surface area contributed by atoms with E-state index in [2.05, 4.69) is 153 Å². The molecule has 0 atom stereocenters. The quantitative estimate of drug-likeness (QED) is 0.0743. The SMILES string of the molecule is CN(c1ccc(Cl)cc1)c1cc[n+](Cc2ccc(SCCSc3ccc(C[n+]4ccc(N(C)c5ccc(Cl)cc5)c5ccsc54)cc3)cc2)c2sccc12.[Br-].[Br-]. The number of hydrogen-bond donors (Lipinski definition) is 0. The summed E-state index contributed by atoms with van der Waals surface area (Å²) in [6.45, 7) is 1.67. The zero-order valence-electron chi connectivity index (χ0n) is 30.6. The Morgan fingerprint density at radius 3 is 1.25 bits per heavy atom. The summed E-state index contributed by atoms with van der Waals surface area (Å²) in [4.78, 5) is 9.60. The van der Waals surface area contributed by atoms with Gasteiger partial charge >= 0.3 is 0 Å². The second kappa shape index (κ2) is 19.6.